The fourth-order valence-corrected chi connectivity index (χ4v) is 1.71. The van der Waals surface area contributed by atoms with Crippen molar-refractivity contribution in [3.8, 4) is 0 Å². The summed E-state index contributed by atoms with van der Waals surface area (Å²) in [7, 11) is 0. The molecule has 0 saturated carbocycles. The molecule has 0 aromatic carbocycles. The van der Waals surface area contributed by atoms with Gasteiger partial charge in [-0.05, 0) is 19.3 Å². The first kappa shape index (κ1) is 7.65. The van der Waals surface area contributed by atoms with Gasteiger partial charge in [-0.25, -0.2) is 4.79 Å². The number of carbonyl (C=O) groups is 1. The number of allylic oxidation sites excluding steroid dienone is 2. The molecule has 0 N–H and O–H groups in total. The van der Waals surface area contributed by atoms with Crippen LogP contribution in [0.5, 0.6) is 0 Å². The summed E-state index contributed by atoms with van der Waals surface area (Å²) >= 11 is 0. The van der Waals surface area contributed by atoms with E-state index in [2.05, 4.69) is 12.2 Å². The van der Waals surface area contributed by atoms with Crippen molar-refractivity contribution in [3.05, 3.63) is 12.2 Å². The predicted molar refractivity (Wildman–Crippen MR) is 42.7 cm³/mol. The number of cyclic esters (lactones) is 2. The first-order valence-electron chi connectivity index (χ1n) is 4.25. The molecule has 2 rings (SSSR count). The van der Waals surface area contributed by atoms with Gasteiger partial charge in [0.1, 0.15) is 13.2 Å². The van der Waals surface area contributed by atoms with Crippen LogP contribution in [0.1, 0.15) is 19.3 Å². The van der Waals surface area contributed by atoms with Crippen molar-refractivity contribution in [2.75, 3.05) is 13.2 Å². The second kappa shape index (κ2) is 2.81. The minimum Gasteiger partial charge on any atom is -0.434 e. The van der Waals surface area contributed by atoms with E-state index in [0.29, 0.717) is 13.2 Å². The lowest BCUT2D eigenvalue weighted by Crippen LogP contribution is -2.39. The summed E-state index contributed by atoms with van der Waals surface area (Å²) in [5.41, 5.74) is 0.0860. The van der Waals surface area contributed by atoms with Crippen molar-refractivity contribution in [2.24, 2.45) is 5.41 Å². The fourth-order valence-electron chi connectivity index (χ4n) is 1.71. The van der Waals surface area contributed by atoms with E-state index in [1.807, 2.05) is 0 Å². The highest BCUT2D eigenvalue weighted by Crippen LogP contribution is 2.35. The van der Waals surface area contributed by atoms with E-state index in [1.165, 1.54) is 0 Å². The van der Waals surface area contributed by atoms with Gasteiger partial charge in [0.25, 0.3) is 0 Å². The normalized spacial score (nSPS) is 26.5. The van der Waals surface area contributed by atoms with Crippen molar-refractivity contribution < 1.29 is 14.3 Å². The molecule has 2 aliphatic rings. The molecular weight excluding hydrogens is 156 g/mol. The summed E-state index contributed by atoms with van der Waals surface area (Å²) in [4.78, 5) is 10.6. The maximum atomic E-state index is 10.6. The maximum Gasteiger partial charge on any atom is 0.508 e. The lowest BCUT2D eigenvalue weighted by molar-refractivity contribution is -0.0631. The quantitative estimate of drug-likeness (QED) is 0.409. The first-order valence-corrected chi connectivity index (χ1v) is 4.25. The van der Waals surface area contributed by atoms with Crippen molar-refractivity contribution in [3.63, 3.8) is 0 Å². The number of rotatable bonds is 0. The van der Waals surface area contributed by atoms with Crippen LogP contribution in [-0.2, 0) is 9.47 Å². The van der Waals surface area contributed by atoms with Crippen LogP contribution in [-0.4, -0.2) is 19.4 Å². The summed E-state index contributed by atoms with van der Waals surface area (Å²) in [5, 5.41) is 0. The molecule has 12 heavy (non-hydrogen) atoms. The Labute approximate surface area is 71.3 Å². The summed E-state index contributed by atoms with van der Waals surface area (Å²) in [6, 6.07) is 0. The van der Waals surface area contributed by atoms with Gasteiger partial charge >= 0.3 is 6.16 Å². The smallest absolute Gasteiger partial charge is 0.434 e. The molecule has 1 fully saturated rings. The molecule has 0 aromatic rings. The Morgan fingerprint density at radius 3 is 2.58 bits per heavy atom. The molecule has 1 spiro atoms. The molecule has 0 radical (unpaired) electrons. The Balaban J connectivity index is 2.02. The standard InChI is InChI=1S/C9H12O3/c10-8-11-6-9(7-12-8)4-2-1-3-5-9/h1-2H,3-7H2. The Morgan fingerprint density at radius 1 is 1.25 bits per heavy atom. The van der Waals surface area contributed by atoms with Crippen LogP contribution >= 0.6 is 0 Å². The van der Waals surface area contributed by atoms with Crippen LogP contribution < -0.4 is 0 Å². The van der Waals surface area contributed by atoms with Gasteiger partial charge in [0.05, 0.1) is 0 Å². The van der Waals surface area contributed by atoms with Crippen LogP contribution in [0.25, 0.3) is 0 Å². The van der Waals surface area contributed by atoms with Gasteiger partial charge in [-0.15, -0.1) is 0 Å². The summed E-state index contributed by atoms with van der Waals surface area (Å²) < 4.78 is 9.75. The zero-order valence-corrected chi connectivity index (χ0v) is 6.91. The van der Waals surface area contributed by atoms with E-state index in [9.17, 15) is 4.79 Å². The Bertz CT molecular complexity index is 210. The molecule has 0 unspecified atom stereocenters. The molecule has 1 saturated heterocycles. The van der Waals surface area contributed by atoms with Gasteiger partial charge in [0.15, 0.2) is 0 Å². The summed E-state index contributed by atoms with van der Waals surface area (Å²) in [6.45, 7) is 1.05. The minimum atomic E-state index is -0.518. The van der Waals surface area contributed by atoms with Crippen molar-refractivity contribution in [1.29, 1.82) is 0 Å². The van der Waals surface area contributed by atoms with Gasteiger partial charge in [-0.2, -0.15) is 0 Å². The third-order valence-corrected chi connectivity index (χ3v) is 2.55. The van der Waals surface area contributed by atoms with E-state index in [4.69, 9.17) is 9.47 Å². The zero-order valence-electron chi connectivity index (χ0n) is 6.91. The van der Waals surface area contributed by atoms with Crippen molar-refractivity contribution in [1.82, 2.24) is 0 Å². The minimum absolute atomic E-state index is 0.0860. The molecule has 3 heteroatoms. The number of carbonyl (C=O) groups excluding carboxylic acids is 1. The fraction of sp³-hybridized carbons (Fsp3) is 0.667. The topological polar surface area (TPSA) is 35.5 Å². The SMILES string of the molecule is O=C1OCC2(CC=CCC2)CO1. The van der Waals surface area contributed by atoms with Gasteiger partial charge < -0.3 is 9.47 Å². The second-order valence-electron chi connectivity index (χ2n) is 3.54. The molecular formula is C9H12O3. The molecule has 1 aliphatic heterocycles. The lowest BCUT2D eigenvalue weighted by Gasteiger charge is -2.36. The second-order valence-corrected chi connectivity index (χ2v) is 3.54. The van der Waals surface area contributed by atoms with E-state index < -0.39 is 6.16 Å². The van der Waals surface area contributed by atoms with E-state index in [0.717, 1.165) is 19.3 Å². The molecule has 0 bridgehead atoms. The van der Waals surface area contributed by atoms with Crippen LogP contribution in [0.4, 0.5) is 4.79 Å². The monoisotopic (exact) mass is 168 g/mol. The van der Waals surface area contributed by atoms with Crippen molar-refractivity contribution in [2.45, 2.75) is 19.3 Å². The van der Waals surface area contributed by atoms with E-state index in [1.54, 1.807) is 0 Å². The molecule has 3 nitrogen and oxygen atoms in total. The van der Waals surface area contributed by atoms with Gasteiger partial charge in [0, 0.05) is 5.41 Å². The molecule has 0 amide bonds. The summed E-state index contributed by atoms with van der Waals surface area (Å²) in [6.07, 6.45) is 6.90. The highest BCUT2D eigenvalue weighted by molar-refractivity contribution is 5.60. The maximum absolute atomic E-state index is 10.6. The average molecular weight is 168 g/mol. The van der Waals surface area contributed by atoms with Gasteiger partial charge in [-0.3, -0.25) is 0 Å². The summed E-state index contributed by atoms with van der Waals surface area (Å²) in [5.74, 6) is 0. The van der Waals surface area contributed by atoms with E-state index in [-0.39, 0.29) is 5.41 Å². The highest BCUT2D eigenvalue weighted by Gasteiger charge is 2.37. The Hall–Kier alpha value is -0.990. The largest absolute Gasteiger partial charge is 0.508 e. The number of ether oxygens (including phenoxy) is 2. The number of hydrogen-bond acceptors (Lipinski definition) is 3. The molecule has 1 aliphatic carbocycles. The molecule has 0 aromatic heterocycles. The Kier molecular flexibility index (Phi) is 1.79. The van der Waals surface area contributed by atoms with Crippen LogP contribution in [0.3, 0.4) is 0 Å². The third-order valence-electron chi connectivity index (χ3n) is 2.55. The van der Waals surface area contributed by atoms with Crippen LogP contribution in [0.2, 0.25) is 0 Å². The Morgan fingerprint density at radius 2 is 2.00 bits per heavy atom. The highest BCUT2D eigenvalue weighted by atomic mass is 16.7. The third kappa shape index (κ3) is 1.31. The molecule has 1 heterocycles. The lowest BCUT2D eigenvalue weighted by atomic mass is 9.78. The molecule has 66 valence electrons. The predicted octanol–water partition coefficient (Wildman–Crippen LogP) is 1.88. The zero-order chi connectivity index (χ0) is 8.44. The van der Waals surface area contributed by atoms with Crippen LogP contribution in [0.15, 0.2) is 12.2 Å². The van der Waals surface area contributed by atoms with Gasteiger partial charge in [-0.1, -0.05) is 12.2 Å². The number of hydrogen-bond donors (Lipinski definition) is 0. The van der Waals surface area contributed by atoms with Crippen molar-refractivity contribution >= 4 is 6.16 Å². The van der Waals surface area contributed by atoms with E-state index >= 15 is 0 Å². The van der Waals surface area contributed by atoms with Gasteiger partial charge in [0.2, 0.25) is 0 Å². The average Bonchev–Trinajstić information content (AvgIpc) is 2.13. The molecule has 0 atom stereocenters. The first-order chi connectivity index (χ1) is 5.81. The van der Waals surface area contributed by atoms with Crippen LogP contribution in [0, 0.1) is 5.41 Å².